The molecule has 1 aromatic carbocycles. The molecule has 1 aromatic rings. The van der Waals surface area contributed by atoms with Crippen LogP contribution in [0.25, 0.3) is 0 Å². The van der Waals surface area contributed by atoms with E-state index in [1.54, 1.807) is 12.1 Å². The third kappa shape index (κ3) is 5.91. The van der Waals surface area contributed by atoms with E-state index in [0.717, 1.165) is 18.4 Å². The first-order valence-corrected chi connectivity index (χ1v) is 8.00. The Morgan fingerprint density at radius 3 is 2.00 bits per heavy atom. The van der Waals surface area contributed by atoms with Crippen LogP contribution in [0.1, 0.15) is 27.2 Å². The predicted octanol–water partition coefficient (Wildman–Crippen LogP) is 2.90. The van der Waals surface area contributed by atoms with Crippen LogP contribution in [0, 0.1) is 5.92 Å². The van der Waals surface area contributed by atoms with Gasteiger partial charge in [-0.1, -0.05) is 13.8 Å². The summed E-state index contributed by atoms with van der Waals surface area (Å²) in [6.45, 7) is 6.53. The maximum atomic E-state index is 11.1. The number of anilines is 2. The lowest BCUT2D eigenvalue weighted by atomic mass is 10.1. The van der Waals surface area contributed by atoms with E-state index in [2.05, 4.69) is 30.8 Å². The van der Waals surface area contributed by atoms with E-state index in [1.807, 2.05) is 12.1 Å². The van der Waals surface area contributed by atoms with Crippen molar-refractivity contribution in [1.82, 2.24) is 0 Å². The van der Waals surface area contributed by atoms with Crippen molar-refractivity contribution in [3.05, 3.63) is 24.3 Å². The van der Waals surface area contributed by atoms with E-state index in [4.69, 9.17) is 0 Å². The van der Waals surface area contributed by atoms with Gasteiger partial charge < -0.3 is 5.32 Å². The van der Waals surface area contributed by atoms with E-state index >= 15 is 0 Å². The highest BCUT2D eigenvalue weighted by Crippen LogP contribution is 2.17. The molecule has 0 fully saturated rings. The van der Waals surface area contributed by atoms with E-state index in [-0.39, 0.29) is 0 Å². The molecule has 2 N–H and O–H groups in total. The Bertz CT molecular complexity index is 466. The van der Waals surface area contributed by atoms with Gasteiger partial charge in [-0.25, -0.2) is 8.42 Å². The molecule has 0 aliphatic carbocycles. The summed E-state index contributed by atoms with van der Waals surface area (Å²) < 4.78 is 24.6. The summed E-state index contributed by atoms with van der Waals surface area (Å²) in [5, 5.41) is 3.39. The second kappa shape index (κ2) is 6.09. The highest BCUT2D eigenvalue weighted by atomic mass is 32.2. The molecule has 0 amide bonds. The molecule has 0 saturated heterocycles. The summed E-state index contributed by atoms with van der Waals surface area (Å²) in [4.78, 5) is 0. The Balaban J connectivity index is 2.60. The average molecular weight is 270 g/mol. The molecule has 0 radical (unpaired) electrons. The first-order chi connectivity index (χ1) is 8.26. The molecule has 18 heavy (non-hydrogen) atoms. The van der Waals surface area contributed by atoms with E-state index in [0.29, 0.717) is 17.6 Å². The number of benzene rings is 1. The fourth-order valence-electron chi connectivity index (χ4n) is 1.90. The van der Waals surface area contributed by atoms with Crippen LogP contribution in [-0.2, 0) is 10.0 Å². The Morgan fingerprint density at radius 1 is 1.06 bits per heavy atom. The fourth-order valence-corrected chi connectivity index (χ4v) is 2.46. The van der Waals surface area contributed by atoms with Gasteiger partial charge in [-0.3, -0.25) is 4.72 Å². The second-order valence-corrected chi connectivity index (χ2v) is 6.87. The number of nitrogens with one attached hydrogen (secondary N) is 2. The minimum absolute atomic E-state index is 0.402. The molecule has 1 atom stereocenters. The van der Waals surface area contributed by atoms with Crippen LogP contribution in [0.15, 0.2) is 24.3 Å². The van der Waals surface area contributed by atoms with Gasteiger partial charge in [-0.15, -0.1) is 0 Å². The van der Waals surface area contributed by atoms with Crippen LogP contribution < -0.4 is 10.0 Å². The zero-order valence-corrected chi connectivity index (χ0v) is 12.2. The van der Waals surface area contributed by atoms with Crippen LogP contribution >= 0.6 is 0 Å². The summed E-state index contributed by atoms with van der Waals surface area (Å²) in [6, 6.07) is 7.67. The van der Waals surface area contributed by atoms with Crippen molar-refractivity contribution in [2.45, 2.75) is 33.2 Å². The summed E-state index contributed by atoms with van der Waals surface area (Å²) in [5.41, 5.74) is 1.58. The largest absolute Gasteiger partial charge is 0.383 e. The zero-order valence-electron chi connectivity index (χ0n) is 11.4. The van der Waals surface area contributed by atoms with Gasteiger partial charge in [-0.05, 0) is 43.5 Å². The predicted molar refractivity (Wildman–Crippen MR) is 77.4 cm³/mol. The van der Waals surface area contributed by atoms with Crippen molar-refractivity contribution in [3.63, 3.8) is 0 Å². The van der Waals surface area contributed by atoms with Crippen LogP contribution in [0.3, 0.4) is 0 Å². The third-order valence-electron chi connectivity index (χ3n) is 2.43. The molecule has 0 saturated carbocycles. The molecule has 0 bridgehead atoms. The number of rotatable bonds is 6. The summed E-state index contributed by atoms with van der Waals surface area (Å²) in [7, 11) is -3.20. The maximum absolute atomic E-state index is 11.1. The lowest BCUT2D eigenvalue weighted by Gasteiger charge is -2.17. The molecule has 4 nitrogen and oxygen atoms in total. The molecule has 0 aromatic heterocycles. The maximum Gasteiger partial charge on any atom is 0.229 e. The van der Waals surface area contributed by atoms with Crippen LogP contribution in [-0.4, -0.2) is 20.7 Å². The second-order valence-electron chi connectivity index (χ2n) is 5.13. The van der Waals surface area contributed by atoms with Crippen LogP contribution in [0.2, 0.25) is 0 Å². The summed E-state index contributed by atoms with van der Waals surface area (Å²) in [6.07, 6.45) is 2.24. The first-order valence-electron chi connectivity index (χ1n) is 6.10. The van der Waals surface area contributed by atoms with E-state index < -0.39 is 10.0 Å². The van der Waals surface area contributed by atoms with Crippen molar-refractivity contribution in [2.24, 2.45) is 5.92 Å². The minimum Gasteiger partial charge on any atom is -0.383 e. The Hall–Kier alpha value is -1.23. The quantitative estimate of drug-likeness (QED) is 0.835. The molecule has 1 unspecified atom stereocenters. The van der Waals surface area contributed by atoms with Gasteiger partial charge in [0.1, 0.15) is 0 Å². The Kier molecular flexibility index (Phi) is 5.02. The fraction of sp³-hybridized carbons (Fsp3) is 0.538. The highest BCUT2D eigenvalue weighted by molar-refractivity contribution is 7.92. The highest BCUT2D eigenvalue weighted by Gasteiger charge is 2.05. The van der Waals surface area contributed by atoms with Gasteiger partial charge in [0.25, 0.3) is 0 Å². The van der Waals surface area contributed by atoms with E-state index in [1.165, 1.54) is 0 Å². The minimum atomic E-state index is -3.20. The Labute approximate surface area is 110 Å². The van der Waals surface area contributed by atoms with Gasteiger partial charge >= 0.3 is 0 Å². The molecular weight excluding hydrogens is 248 g/mol. The lowest BCUT2D eigenvalue weighted by molar-refractivity contribution is 0.540. The average Bonchev–Trinajstić information content (AvgIpc) is 2.17. The number of hydrogen-bond acceptors (Lipinski definition) is 3. The molecule has 0 aliphatic rings. The van der Waals surface area contributed by atoms with Crippen molar-refractivity contribution >= 4 is 21.4 Å². The topological polar surface area (TPSA) is 58.2 Å². The van der Waals surface area contributed by atoms with E-state index in [9.17, 15) is 8.42 Å². The Morgan fingerprint density at radius 2 is 1.56 bits per heavy atom. The molecular formula is C13H22N2O2S. The van der Waals surface area contributed by atoms with Gasteiger partial charge in [0, 0.05) is 17.4 Å². The molecule has 5 heteroatoms. The summed E-state index contributed by atoms with van der Waals surface area (Å²) in [5.74, 6) is 0.652. The third-order valence-corrected chi connectivity index (χ3v) is 3.03. The zero-order chi connectivity index (χ0) is 13.8. The normalized spacial score (nSPS) is 13.4. The van der Waals surface area contributed by atoms with Crippen LogP contribution in [0.4, 0.5) is 11.4 Å². The number of hydrogen-bond donors (Lipinski definition) is 2. The molecule has 0 spiro atoms. The molecule has 0 heterocycles. The molecule has 0 aliphatic heterocycles. The smallest absolute Gasteiger partial charge is 0.229 e. The van der Waals surface area contributed by atoms with Gasteiger partial charge in [0.2, 0.25) is 10.0 Å². The number of sulfonamides is 1. The van der Waals surface area contributed by atoms with Crippen molar-refractivity contribution in [2.75, 3.05) is 16.3 Å². The monoisotopic (exact) mass is 270 g/mol. The molecule has 1 rings (SSSR count). The summed E-state index contributed by atoms with van der Waals surface area (Å²) >= 11 is 0. The van der Waals surface area contributed by atoms with Crippen molar-refractivity contribution < 1.29 is 8.42 Å². The van der Waals surface area contributed by atoms with Gasteiger partial charge in [0.15, 0.2) is 0 Å². The first kappa shape index (κ1) is 14.8. The molecule has 102 valence electrons. The standard InChI is InChI=1S/C13H22N2O2S/c1-10(2)9-11(3)14-12-5-7-13(8-6-12)15-18(4,16)17/h5-8,10-11,14-15H,9H2,1-4H3. The lowest BCUT2D eigenvalue weighted by Crippen LogP contribution is -2.17. The van der Waals surface area contributed by atoms with Gasteiger partial charge in [0.05, 0.1) is 6.26 Å². The van der Waals surface area contributed by atoms with Crippen molar-refractivity contribution in [3.8, 4) is 0 Å². The van der Waals surface area contributed by atoms with Crippen molar-refractivity contribution in [1.29, 1.82) is 0 Å². The van der Waals surface area contributed by atoms with Crippen LogP contribution in [0.5, 0.6) is 0 Å². The SMILES string of the molecule is CC(C)CC(C)Nc1ccc(NS(C)(=O)=O)cc1. The van der Waals surface area contributed by atoms with Gasteiger partial charge in [-0.2, -0.15) is 0 Å².